The largest absolute Gasteiger partial charge is 1.00 e. The van der Waals surface area contributed by atoms with Crippen molar-refractivity contribution in [2.24, 2.45) is 0 Å². The van der Waals surface area contributed by atoms with Crippen LogP contribution in [0, 0.1) is 0 Å². The Labute approximate surface area is 154 Å². The molecule has 0 bridgehead atoms. The molecule has 1 heterocycles. The number of rotatable bonds is 4. The van der Waals surface area contributed by atoms with Crippen LogP contribution in [-0.2, 0) is 18.6 Å². The van der Waals surface area contributed by atoms with Crippen LogP contribution in [0.4, 0.5) is 0 Å². The number of aliphatic hydroxyl groups is 3. The van der Waals surface area contributed by atoms with Crippen molar-refractivity contribution in [3.05, 3.63) is 0 Å². The number of aliphatic hydroxyl groups excluding tert-OH is 3. The average Bonchev–Trinajstić information content (AvgIpc) is 2.24. The van der Waals surface area contributed by atoms with Gasteiger partial charge in [-0.25, -0.2) is 0 Å². The first-order chi connectivity index (χ1) is 7.76. The van der Waals surface area contributed by atoms with E-state index in [1.807, 2.05) is 0 Å². The summed E-state index contributed by atoms with van der Waals surface area (Å²) >= 11 is 0. The van der Waals surface area contributed by atoms with Crippen molar-refractivity contribution in [3.63, 3.8) is 0 Å². The Morgan fingerprint density at radius 1 is 1.16 bits per heavy atom. The maximum Gasteiger partial charge on any atom is 1.00 e. The first-order valence-corrected chi connectivity index (χ1v) is 6.11. The maximum absolute atomic E-state index is 10.2. The monoisotopic (exact) mass is 318 g/mol. The predicted octanol–water partition coefficient (Wildman–Crippen LogP) is -9.71. The molecule has 102 valence electrons. The summed E-state index contributed by atoms with van der Waals surface area (Å²) in [6.07, 6.45) is -7.23. The number of phosphoric ester groups is 1. The molecule has 1 rings (SSSR count). The van der Waals surface area contributed by atoms with Crippen LogP contribution < -0.4 is 68.9 Å². The minimum absolute atomic E-state index is 0. The summed E-state index contributed by atoms with van der Waals surface area (Å²) in [7, 11) is -4.02. The van der Waals surface area contributed by atoms with Gasteiger partial charge in [0.05, 0.1) is 14.4 Å². The molecule has 0 amide bonds. The Balaban J connectivity index is 0. The van der Waals surface area contributed by atoms with E-state index < -0.39 is 45.1 Å². The van der Waals surface area contributed by atoms with Gasteiger partial charge in [0, 0.05) is 7.11 Å². The summed E-state index contributed by atoms with van der Waals surface area (Å²) < 4.78 is 23.8. The summed E-state index contributed by atoms with van der Waals surface area (Å²) in [6, 6.07) is 0. The molecule has 1 aliphatic rings. The second kappa shape index (κ2) is 9.83. The zero-order valence-corrected chi connectivity index (χ0v) is 15.7. The number of phosphoric acid groups is 1. The number of ether oxygens (including phenoxy) is 2. The zero-order valence-electron chi connectivity index (χ0n) is 10.8. The third-order valence-corrected chi connectivity index (χ3v) is 2.76. The van der Waals surface area contributed by atoms with Gasteiger partial charge in [-0.05, 0) is 0 Å². The second-order valence-corrected chi connectivity index (χ2v) is 4.65. The average molecular weight is 318 g/mol. The molecule has 0 aromatic heterocycles. The molecule has 1 fully saturated rings. The van der Waals surface area contributed by atoms with Crippen LogP contribution in [0.2, 0.25) is 0 Å². The molecule has 1 aliphatic heterocycles. The quantitative estimate of drug-likeness (QED) is 0.339. The maximum atomic E-state index is 10.2. The van der Waals surface area contributed by atoms with Gasteiger partial charge in [-0.3, -0.25) is 0 Å². The first kappa shape index (κ1) is 23.2. The van der Waals surface area contributed by atoms with Gasteiger partial charge >= 0.3 is 59.1 Å². The third kappa shape index (κ3) is 7.14. The molecule has 5 atom stereocenters. The molecule has 12 heteroatoms. The number of hydrogen-bond acceptors (Lipinski definition) is 9. The zero-order chi connectivity index (χ0) is 13.2. The van der Waals surface area contributed by atoms with Crippen LogP contribution >= 0.6 is 7.82 Å². The topological polar surface area (TPSA) is 152 Å². The molecule has 0 radical (unpaired) electrons. The SMILES string of the molecule is CO[C@H]1O[C@H](COP(=O)([O-])[O-])[C@@H](O)[C@H](O)[C@@H]1O.[Na+].[Na+]. The summed E-state index contributed by atoms with van der Waals surface area (Å²) in [5, 5.41) is 28.2. The van der Waals surface area contributed by atoms with Crippen molar-refractivity contribution >= 4 is 7.82 Å². The molecule has 3 N–H and O–H groups in total. The van der Waals surface area contributed by atoms with E-state index in [1.165, 1.54) is 7.11 Å². The summed E-state index contributed by atoms with van der Waals surface area (Å²) in [5.74, 6) is 0. The van der Waals surface area contributed by atoms with Crippen LogP contribution in [0.15, 0.2) is 0 Å². The molecule has 0 aromatic carbocycles. The van der Waals surface area contributed by atoms with Crippen LogP contribution in [0.5, 0.6) is 0 Å². The number of methoxy groups -OCH3 is 1. The van der Waals surface area contributed by atoms with E-state index in [1.54, 1.807) is 0 Å². The van der Waals surface area contributed by atoms with Crippen molar-refractivity contribution in [1.82, 2.24) is 0 Å². The summed E-state index contributed by atoms with van der Waals surface area (Å²) in [5.41, 5.74) is 0. The molecule has 19 heavy (non-hydrogen) atoms. The fourth-order valence-corrected chi connectivity index (χ4v) is 1.74. The van der Waals surface area contributed by atoms with Gasteiger partial charge in [0.2, 0.25) is 0 Å². The number of hydrogen-bond donors (Lipinski definition) is 3. The van der Waals surface area contributed by atoms with E-state index >= 15 is 0 Å². The van der Waals surface area contributed by atoms with Crippen molar-refractivity contribution in [3.8, 4) is 0 Å². The van der Waals surface area contributed by atoms with Gasteiger partial charge in [-0.1, -0.05) is 0 Å². The van der Waals surface area contributed by atoms with E-state index in [0.717, 1.165) is 0 Å². The normalized spacial score (nSPS) is 35.2. The van der Waals surface area contributed by atoms with E-state index in [9.17, 15) is 29.7 Å². The van der Waals surface area contributed by atoms with Gasteiger partial charge in [-0.15, -0.1) is 0 Å². The molecule has 0 saturated carbocycles. The van der Waals surface area contributed by atoms with Crippen LogP contribution in [0.3, 0.4) is 0 Å². The van der Waals surface area contributed by atoms with Crippen LogP contribution in [-0.4, -0.2) is 59.7 Å². The van der Waals surface area contributed by atoms with Gasteiger partial charge in [0.25, 0.3) is 0 Å². The van der Waals surface area contributed by atoms with Crippen molar-refractivity contribution in [2.45, 2.75) is 30.7 Å². The Morgan fingerprint density at radius 2 is 1.68 bits per heavy atom. The van der Waals surface area contributed by atoms with E-state index in [0.29, 0.717) is 0 Å². The van der Waals surface area contributed by atoms with Crippen molar-refractivity contribution in [2.75, 3.05) is 13.7 Å². The molecule has 0 spiro atoms. The molecule has 1 saturated heterocycles. The Bertz CT molecular complexity index is 298. The molecule has 9 nitrogen and oxygen atoms in total. The molecule has 0 aliphatic carbocycles. The smallest absolute Gasteiger partial charge is 0.790 e. The van der Waals surface area contributed by atoms with Crippen molar-refractivity contribution in [1.29, 1.82) is 0 Å². The summed E-state index contributed by atoms with van der Waals surface area (Å²) in [4.78, 5) is 20.5. The second-order valence-electron chi connectivity index (χ2n) is 3.49. The van der Waals surface area contributed by atoms with Crippen molar-refractivity contribution < 1.29 is 103 Å². The Kier molecular flexibility index (Phi) is 12.0. The van der Waals surface area contributed by atoms with Gasteiger partial charge in [0.15, 0.2) is 6.29 Å². The van der Waals surface area contributed by atoms with E-state index in [-0.39, 0.29) is 59.1 Å². The van der Waals surface area contributed by atoms with Crippen LogP contribution in [0.25, 0.3) is 0 Å². The molecule has 0 aromatic rings. The molecular weight excluding hydrogens is 305 g/mol. The fourth-order valence-electron chi connectivity index (χ4n) is 1.41. The minimum atomic E-state index is -5.20. The molecular formula is C7H13Na2O9P. The fraction of sp³-hybridized carbons (Fsp3) is 1.00. The van der Waals surface area contributed by atoms with E-state index in [2.05, 4.69) is 9.26 Å². The van der Waals surface area contributed by atoms with Gasteiger partial charge in [-0.2, -0.15) is 0 Å². The summed E-state index contributed by atoms with van der Waals surface area (Å²) in [6.45, 7) is -0.769. The third-order valence-electron chi connectivity index (χ3n) is 2.30. The molecule has 0 unspecified atom stereocenters. The van der Waals surface area contributed by atoms with Gasteiger partial charge < -0.3 is 43.7 Å². The van der Waals surface area contributed by atoms with Crippen LogP contribution in [0.1, 0.15) is 0 Å². The van der Waals surface area contributed by atoms with Gasteiger partial charge in [0.1, 0.15) is 24.4 Å². The Hall–Kier alpha value is 1.91. The minimum Gasteiger partial charge on any atom is -0.790 e. The Morgan fingerprint density at radius 3 is 2.11 bits per heavy atom. The first-order valence-electron chi connectivity index (χ1n) is 4.65. The standard InChI is InChI=1S/C7H15O9P.2Na/c1-14-7-6(10)5(9)4(8)3(16-7)2-15-17(11,12)13;;/h3-10H,2H2,1H3,(H2,11,12,13);;/q;2*+1/p-2/t3-,4-,5+,6+,7+;;/m1../s1. The predicted molar refractivity (Wildman–Crippen MR) is 47.2 cm³/mol. The van der Waals surface area contributed by atoms with E-state index in [4.69, 9.17) is 4.74 Å².